The van der Waals surface area contributed by atoms with Crippen molar-refractivity contribution in [2.24, 2.45) is 5.41 Å². The Labute approximate surface area is 153 Å². The van der Waals surface area contributed by atoms with Gasteiger partial charge in [0.2, 0.25) is 0 Å². The molecule has 4 nitrogen and oxygen atoms in total. The number of hydrogen-bond acceptors (Lipinski definition) is 4. The molecule has 0 aliphatic heterocycles. The van der Waals surface area contributed by atoms with Crippen LogP contribution < -0.4 is 14.8 Å². The van der Waals surface area contributed by atoms with Crippen molar-refractivity contribution in [3.05, 3.63) is 36.4 Å². The molecule has 1 aromatic rings. The van der Waals surface area contributed by atoms with Crippen LogP contribution in [0, 0.1) is 5.41 Å². The highest BCUT2D eigenvalue weighted by Gasteiger charge is 2.25. The van der Waals surface area contributed by atoms with Gasteiger partial charge in [-0.15, -0.1) is 6.58 Å². The van der Waals surface area contributed by atoms with E-state index in [0.29, 0.717) is 18.0 Å². The first kappa shape index (κ1) is 21.5. The second-order valence-electron chi connectivity index (χ2n) is 8.45. The molecular formula is C21H35NO3. The fraction of sp³-hybridized carbons (Fsp3) is 0.619. The number of aliphatic hydroxyl groups is 1. The van der Waals surface area contributed by atoms with Crippen molar-refractivity contribution in [2.45, 2.75) is 59.1 Å². The number of hydrogen-bond donors (Lipinski definition) is 2. The molecule has 142 valence electrons. The number of benzene rings is 1. The standard InChI is InChI=1S/C21H35NO3/c1-8-9-16-10-11-18(19(12-16)24-7)25-14-17(23)13-22-21(5,6)15-20(2,3)4/h8,10-12,17,22-23H,1,9,13-15H2,2-7H3/t17-/m1/s1. The largest absolute Gasteiger partial charge is 0.493 e. The van der Waals surface area contributed by atoms with E-state index in [4.69, 9.17) is 9.47 Å². The molecule has 0 radical (unpaired) electrons. The number of ether oxygens (including phenoxy) is 2. The number of rotatable bonds is 10. The Morgan fingerprint density at radius 2 is 1.88 bits per heavy atom. The molecule has 0 saturated carbocycles. The molecule has 0 amide bonds. The summed E-state index contributed by atoms with van der Waals surface area (Å²) in [7, 11) is 1.62. The first-order valence-corrected chi connectivity index (χ1v) is 8.90. The first-order valence-electron chi connectivity index (χ1n) is 8.90. The smallest absolute Gasteiger partial charge is 0.161 e. The van der Waals surface area contributed by atoms with Crippen LogP contribution in [0.3, 0.4) is 0 Å². The molecule has 0 aliphatic rings. The van der Waals surface area contributed by atoms with E-state index < -0.39 is 6.10 Å². The molecular weight excluding hydrogens is 314 g/mol. The van der Waals surface area contributed by atoms with E-state index in [9.17, 15) is 5.11 Å². The van der Waals surface area contributed by atoms with Crippen LogP contribution in [0.25, 0.3) is 0 Å². The summed E-state index contributed by atoms with van der Waals surface area (Å²) < 4.78 is 11.1. The van der Waals surface area contributed by atoms with Crippen molar-refractivity contribution >= 4 is 0 Å². The Kier molecular flexibility index (Phi) is 7.97. The highest BCUT2D eigenvalue weighted by Crippen LogP contribution is 2.29. The second-order valence-corrected chi connectivity index (χ2v) is 8.45. The number of nitrogens with one attached hydrogen (secondary N) is 1. The van der Waals surface area contributed by atoms with Gasteiger partial charge in [0.1, 0.15) is 12.7 Å². The maximum atomic E-state index is 10.2. The topological polar surface area (TPSA) is 50.7 Å². The lowest BCUT2D eigenvalue weighted by Gasteiger charge is -2.34. The van der Waals surface area contributed by atoms with Gasteiger partial charge in [-0.3, -0.25) is 0 Å². The van der Waals surface area contributed by atoms with Crippen LogP contribution >= 0.6 is 0 Å². The minimum absolute atomic E-state index is 0.0384. The SMILES string of the molecule is C=CCc1ccc(OC[C@H](O)CNC(C)(C)CC(C)(C)C)c(OC)c1. The summed E-state index contributed by atoms with van der Waals surface area (Å²) in [6, 6.07) is 5.80. The van der Waals surface area contributed by atoms with Crippen LogP contribution in [-0.4, -0.2) is 37.0 Å². The van der Waals surface area contributed by atoms with Gasteiger partial charge in [-0.1, -0.05) is 32.9 Å². The minimum Gasteiger partial charge on any atom is -0.493 e. The quantitative estimate of drug-likeness (QED) is 0.628. The number of aliphatic hydroxyl groups excluding tert-OH is 1. The monoisotopic (exact) mass is 349 g/mol. The molecule has 2 N–H and O–H groups in total. The van der Waals surface area contributed by atoms with E-state index in [-0.39, 0.29) is 17.6 Å². The van der Waals surface area contributed by atoms with Gasteiger partial charge in [0.05, 0.1) is 7.11 Å². The van der Waals surface area contributed by atoms with E-state index in [0.717, 1.165) is 18.4 Å². The number of β-amino-alcohol motifs (C(OH)–C–C–N with tert-alkyl or cyclic N) is 1. The van der Waals surface area contributed by atoms with Gasteiger partial charge in [0, 0.05) is 12.1 Å². The summed E-state index contributed by atoms with van der Waals surface area (Å²) in [6.45, 7) is 15.4. The molecule has 0 aliphatic carbocycles. The van der Waals surface area contributed by atoms with Gasteiger partial charge in [0.15, 0.2) is 11.5 Å². The molecule has 0 heterocycles. The Morgan fingerprint density at radius 3 is 2.44 bits per heavy atom. The van der Waals surface area contributed by atoms with Gasteiger partial charge in [0.25, 0.3) is 0 Å². The summed E-state index contributed by atoms with van der Waals surface area (Å²) in [4.78, 5) is 0. The van der Waals surface area contributed by atoms with E-state index >= 15 is 0 Å². The van der Waals surface area contributed by atoms with E-state index in [1.54, 1.807) is 7.11 Å². The average Bonchev–Trinajstić information content (AvgIpc) is 2.49. The highest BCUT2D eigenvalue weighted by molar-refractivity contribution is 5.43. The lowest BCUT2D eigenvalue weighted by atomic mass is 9.82. The Bertz CT molecular complexity index is 547. The molecule has 1 atom stereocenters. The molecule has 4 heteroatoms. The van der Waals surface area contributed by atoms with Crippen LogP contribution in [-0.2, 0) is 6.42 Å². The normalized spacial score (nSPS) is 13.4. The highest BCUT2D eigenvalue weighted by atomic mass is 16.5. The third-order valence-corrected chi connectivity index (χ3v) is 3.83. The van der Waals surface area contributed by atoms with E-state index in [1.165, 1.54) is 0 Å². The summed E-state index contributed by atoms with van der Waals surface area (Å²) in [5.41, 5.74) is 1.31. The molecule has 0 fully saturated rings. The van der Waals surface area contributed by atoms with Gasteiger partial charge < -0.3 is 19.9 Å². The third kappa shape index (κ3) is 8.41. The lowest BCUT2D eigenvalue weighted by molar-refractivity contribution is 0.0930. The summed E-state index contributed by atoms with van der Waals surface area (Å²) in [6.07, 6.45) is 3.07. The van der Waals surface area contributed by atoms with Crippen molar-refractivity contribution in [2.75, 3.05) is 20.3 Å². The lowest BCUT2D eigenvalue weighted by Crippen LogP contribution is -2.46. The zero-order chi connectivity index (χ0) is 19.1. The van der Waals surface area contributed by atoms with Gasteiger partial charge in [-0.25, -0.2) is 0 Å². The third-order valence-electron chi connectivity index (χ3n) is 3.83. The Hall–Kier alpha value is -1.52. The van der Waals surface area contributed by atoms with Gasteiger partial charge in [-0.05, 0) is 49.8 Å². The summed E-state index contributed by atoms with van der Waals surface area (Å²) >= 11 is 0. The van der Waals surface area contributed by atoms with Crippen molar-refractivity contribution in [3.8, 4) is 11.5 Å². The van der Waals surface area contributed by atoms with Crippen molar-refractivity contribution in [1.29, 1.82) is 0 Å². The fourth-order valence-electron chi connectivity index (χ4n) is 3.15. The van der Waals surface area contributed by atoms with Crippen LogP contribution in [0.1, 0.15) is 46.6 Å². The van der Waals surface area contributed by atoms with Crippen LogP contribution in [0.15, 0.2) is 30.9 Å². The predicted octanol–water partition coefficient (Wildman–Crippen LogP) is 3.97. The molecule has 0 spiro atoms. The Balaban J connectivity index is 2.53. The average molecular weight is 350 g/mol. The zero-order valence-electron chi connectivity index (χ0n) is 16.7. The molecule has 25 heavy (non-hydrogen) atoms. The number of allylic oxidation sites excluding steroid dienone is 1. The maximum absolute atomic E-state index is 10.2. The molecule has 1 aromatic carbocycles. The molecule has 0 saturated heterocycles. The first-order chi connectivity index (χ1) is 11.6. The van der Waals surface area contributed by atoms with Crippen molar-refractivity contribution < 1.29 is 14.6 Å². The van der Waals surface area contributed by atoms with E-state index in [2.05, 4.69) is 46.5 Å². The fourth-order valence-corrected chi connectivity index (χ4v) is 3.15. The van der Waals surface area contributed by atoms with E-state index in [1.807, 2.05) is 24.3 Å². The zero-order valence-corrected chi connectivity index (χ0v) is 16.7. The molecule has 0 aromatic heterocycles. The van der Waals surface area contributed by atoms with Crippen molar-refractivity contribution in [3.63, 3.8) is 0 Å². The van der Waals surface area contributed by atoms with Crippen LogP contribution in [0.2, 0.25) is 0 Å². The molecule has 1 rings (SSSR count). The van der Waals surface area contributed by atoms with Crippen molar-refractivity contribution in [1.82, 2.24) is 5.32 Å². The minimum atomic E-state index is -0.586. The summed E-state index contributed by atoms with van der Waals surface area (Å²) in [5.74, 6) is 1.32. The number of methoxy groups -OCH3 is 1. The molecule has 0 bridgehead atoms. The van der Waals surface area contributed by atoms with Gasteiger partial charge >= 0.3 is 0 Å². The predicted molar refractivity (Wildman–Crippen MR) is 105 cm³/mol. The maximum Gasteiger partial charge on any atom is 0.161 e. The summed E-state index contributed by atoms with van der Waals surface area (Å²) in [5, 5.41) is 13.7. The second kappa shape index (κ2) is 9.25. The Morgan fingerprint density at radius 1 is 1.20 bits per heavy atom. The van der Waals surface area contributed by atoms with Gasteiger partial charge in [-0.2, -0.15) is 0 Å². The molecule has 0 unspecified atom stereocenters. The van der Waals surface area contributed by atoms with Crippen LogP contribution in [0.5, 0.6) is 11.5 Å². The van der Waals surface area contributed by atoms with Crippen LogP contribution in [0.4, 0.5) is 0 Å².